The van der Waals surface area contributed by atoms with Crippen molar-refractivity contribution >= 4 is 5.78 Å². The van der Waals surface area contributed by atoms with E-state index < -0.39 is 0 Å². The van der Waals surface area contributed by atoms with Crippen molar-refractivity contribution in [3.05, 3.63) is 35.4 Å². The number of unbranched alkanes of at least 4 members (excludes halogenated alkanes) is 2. The lowest BCUT2D eigenvalue weighted by molar-refractivity contribution is 0.0945. The maximum atomic E-state index is 12.0. The maximum absolute atomic E-state index is 12.0. The Morgan fingerprint density at radius 1 is 1.11 bits per heavy atom. The number of nitrogens with zero attached hydrogens (tertiary/aromatic N) is 1. The monoisotopic (exact) mass is 247 g/mol. The fraction of sp³-hybridized carbons (Fsp3) is 0.562. The van der Waals surface area contributed by atoms with Crippen molar-refractivity contribution in [3.63, 3.8) is 0 Å². The van der Waals surface area contributed by atoms with E-state index in [4.69, 9.17) is 0 Å². The van der Waals surface area contributed by atoms with Gasteiger partial charge < -0.3 is 0 Å². The minimum absolute atomic E-state index is 0.219. The first-order valence-corrected chi connectivity index (χ1v) is 6.98. The summed E-state index contributed by atoms with van der Waals surface area (Å²) in [5.74, 6) is 0.219. The van der Waals surface area contributed by atoms with Crippen LogP contribution in [0.2, 0.25) is 0 Å². The Hall–Kier alpha value is -1.15. The Kier molecular flexibility index (Phi) is 6.66. The van der Waals surface area contributed by atoms with E-state index in [0.717, 1.165) is 18.5 Å². The van der Waals surface area contributed by atoms with Gasteiger partial charge >= 0.3 is 0 Å². The normalized spacial score (nSPS) is 10.9. The SMILES string of the molecule is CCCCCN(C)CC(=O)c1ccc(CC)cc1. The third-order valence-corrected chi connectivity index (χ3v) is 3.24. The van der Waals surface area contributed by atoms with Gasteiger partial charge in [0.05, 0.1) is 6.54 Å². The van der Waals surface area contributed by atoms with Crippen molar-refractivity contribution in [1.82, 2.24) is 4.90 Å². The molecule has 18 heavy (non-hydrogen) atoms. The summed E-state index contributed by atoms with van der Waals surface area (Å²) in [4.78, 5) is 14.2. The molecule has 0 unspecified atom stereocenters. The average molecular weight is 247 g/mol. The van der Waals surface area contributed by atoms with Gasteiger partial charge in [-0.1, -0.05) is 51.0 Å². The number of benzene rings is 1. The zero-order valence-corrected chi connectivity index (χ0v) is 11.9. The molecule has 1 aromatic rings. The van der Waals surface area contributed by atoms with Crippen LogP contribution in [0.1, 0.15) is 49.0 Å². The molecule has 0 heterocycles. The molecule has 0 aliphatic heterocycles. The molecule has 2 heteroatoms. The molecular formula is C16H25NO. The van der Waals surface area contributed by atoms with E-state index in [-0.39, 0.29) is 5.78 Å². The molecular weight excluding hydrogens is 222 g/mol. The second-order valence-corrected chi connectivity index (χ2v) is 4.92. The van der Waals surface area contributed by atoms with Crippen molar-refractivity contribution in [1.29, 1.82) is 0 Å². The highest BCUT2D eigenvalue weighted by Gasteiger charge is 2.08. The van der Waals surface area contributed by atoms with Crippen molar-refractivity contribution < 1.29 is 4.79 Å². The maximum Gasteiger partial charge on any atom is 0.176 e. The van der Waals surface area contributed by atoms with Crippen LogP contribution in [-0.2, 0) is 6.42 Å². The smallest absolute Gasteiger partial charge is 0.176 e. The first-order chi connectivity index (χ1) is 8.67. The predicted octanol–water partition coefficient (Wildman–Crippen LogP) is 3.55. The van der Waals surface area contributed by atoms with Gasteiger partial charge in [0.2, 0.25) is 0 Å². The number of hydrogen-bond donors (Lipinski definition) is 0. The Balaban J connectivity index is 2.43. The van der Waals surface area contributed by atoms with Crippen LogP contribution in [-0.4, -0.2) is 30.8 Å². The second kappa shape index (κ2) is 8.04. The van der Waals surface area contributed by atoms with Gasteiger partial charge in [0.1, 0.15) is 0 Å². The minimum atomic E-state index is 0.219. The van der Waals surface area contributed by atoms with E-state index in [2.05, 4.69) is 18.7 Å². The third kappa shape index (κ3) is 5.01. The average Bonchev–Trinajstić information content (AvgIpc) is 2.39. The van der Waals surface area contributed by atoms with Gasteiger partial charge in [0.25, 0.3) is 0 Å². The second-order valence-electron chi connectivity index (χ2n) is 4.92. The lowest BCUT2D eigenvalue weighted by Crippen LogP contribution is -2.27. The lowest BCUT2D eigenvalue weighted by atomic mass is 10.1. The van der Waals surface area contributed by atoms with E-state index in [9.17, 15) is 4.79 Å². The summed E-state index contributed by atoms with van der Waals surface area (Å²) in [6.45, 7) is 5.85. The van der Waals surface area contributed by atoms with E-state index in [1.165, 1.54) is 24.8 Å². The Bertz CT molecular complexity index is 356. The predicted molar refractivity (Wildman–Crippen MR) is 77.2 cm³/mol. The standard InChI is InChI=1S/C16H25NO/c1-4-6-7-12-17(3)13-16(18)15-10-8-14(5-2)9-11-15/h8-11H,4-7,12-13H2,1-3H3. The van der Waals surface area contributed by atoms with Gasteiger partial charge in [-0.05, 0) is 32.0 Å². The molecule has 100 valence electrons. The highest BCUT2D eigenvalue weighted by Crippen LogP contribution is 2.07. The molecule has 0 aromatic heterocycles. The number of carbonyl (C=O) groups excluding carboxylic acids is 1. The minimum Gasteiger partial charge on any atom is -0.299 e. The van der Waals surface area contributed by atoms with Gasteiger partial charge in [-0.2, -0.15) is 0 Å². The molecule has 2 nitrogen and oxygen atoms in total. The van der Waals surface area contributed by atoms with Crippen LogP contribution in [0.15, 0.2) is 24.3 Å². The zero-order valence-electron chi connectivity index (χ0n) is 11.9. The Labute approximate surface area is 111 Å². The Morgan fingerprint density at radius 3 is 2.33 bits per heavy atom. The number of hydrogen-bond acceptors (Lipinski definition) is 2. The quantitative estimate of drug-likeness (QED) is 0.517. The van der Waals surface area contributed by atoms with Crippen LogP contribution < -0.4 is 0 Å². The molecule has 0 radical (unpaired) electrons. The van der Waals surface area contributed by atoms with Crippen LogP contribution in [0.3, 0.4) is 0 Å². The summed E-state index contributed by atoms with van der Waals surface area (Å²) in [5.41, 5.74) is 2.11. The van der Waals surface area contributed by atoms with E-state index in [1.54, 1.807) is 0 Å². The van der Waals surface area contributed by atoms with Gasteiger partial charge in [-0.3, -0.25) is 9.69 Å². The number of aryl methyl sites for hydroxylation is 1. The third-order valence-electron chi connectivity index (χ3n) is 3.24. The van der Waals surface area contributed by atoms with Crippen molar-refractivity contribution in [2.75, 3.05) is 20.1 Å². The van der Waals surface area contributed by atoms with E-state index in [1.807, 2.05) is 31.3 Å². The molecule has 0 saturated carbocycles. The van der Waals surface area contributed by atoms with Gasteiger partial charge in [-0.25, -0.2) is 0 Å². The van der Waals surface area contributed by atoms with Crippen LogP contribution in [0.25, 0.3) is 0 Å². The molecule has 0 fully saturated rings. The fourth-order valence-corrected chi connectivity index (χ4v) is 1.97. The highest BCUT2D eigenvalue weighted by molar-refractivity contribution is 5.97. The number of likely N-dealkylation sites (N-methyl/N-ethyl adjacent to an activating group) is 1. The molecule has 0 amide bonds. The molecule has 0 spiro atoms. The summed E-state index contributed by atoms with van der Waals surface area (Å²) in [5, 5.41) is 0. The van der Waals surface area contributed by atoms with Gasteiger partial charge in [-0.15, -0.1) is 0 Å². The topological polar surface area (TPSA) is 20.3 Å². The number of carbonyl (C=O) groups is 1. The van der Waals surface area contributed by atoms with E-state index in [0.29, 0.717) is 6.54 Å². The molecule has 0 bridgehead atoms. The van der Waals surface area contributed by atoms with Crippen molar-refractivity contribution in [2.45, 2.75) is 39.5 Å². The van der Waals surface area contributed by atoms with Crippen LogP contribution in [0, 0.1) is 0 Å². The zero-order chi connectivity index (χ0) is 13.4. The molecule has 1 aromatic carbocycles. The number of Topliss-reactive ketones (excluding diaryl/α,β-unsaturated/α-hetero) is 1. The van der Waals surface area contributed by atoms with Crippen molar-refractivity contribution in [3.8, 4) is 0 Å². The van der Waals surface area contributed by atoms with Crippen LogP contribution >= 0.6 is 0 Å². The van der Waals surface area contributed by atoms with Gasteiger partial charge in [0.15, 0.2) is 5.78 Å². The summed E-state index contributed by atoms with van der Waals surface area (Å²) in [6.07, 6.45) is 4.66. The highest BCUT2D eigenvalue weighted by atomic mass is 16.1. The molecule has 0 N–H and O–H groups in total. The largest absolute Gasteiger partial charge is 0.299 e. The summed E-state index contributed by atoms with van der Waals surface area (Å²) in [6, 6.07) is 7.98. The summed E-state index contributed by atoms with van der Waals surface area (Å²) in [7, 11) is 2.02. The molecule has 0 saturated heterocycles. The molecule has 1 rings (SSSR count). The first kappa shape index (κ1) is 14.9. The fourth-order valence-electron chi connectivity index (χ4n) is 1.97. The first-order valence-electron chi connectivity index (χ1n) is 6.98. The molecule has 0 aliphatic rings. The lowest BCUT2D eigenvalue weighted by Gasteiger charge is -2.15. The molecule has 0 aliphatic carbocycles. The summed E-state index contributed by atoms with van der Waals surface area (Å²) < 4.78 is 0. The van der Waals surface area contributed by atoms with Crippen LogP contribution in [0.4, 0.5) is 0 Å². The van der Waals surface area contributed by atoms with E-state index >= 15 is 0 Å². The van der Waals surface area contributed by atoms with Crippen LogP contribution in [0.5, 0.6) is 0 Å². The number of ketones is 1. The summed E-state index contributed by atoms with van der Waals surface area (Å²) >= 11 is 0. The van der Waals surface area contributed by atoms with Gasteiger partial charge in [0, 0.05) is 5.56 Å². The van der Waals surface area contributed by atoms with Crippen molar-refractivity contribution in [2.24, 2.45) is 0 Å². The Morgan fingerprint density at radius 2 is 1.78 bits per heavy atom. The molecule has 0 atom stereocenters. The number of rotatable bonds is 8.